The zero-order chi connectivity index (χ0) is 22.2. The van der Waals surface area contributed by atoms with Crippen LogP contribution in [0.15, 0.2) is 48.5 Å². The van der Waals surface area contributed by atoms with Crippen LogP contribution in [0, 0.1) is 11.3 Å². The molecule has 1 aliphatic rings. The normalized spacial score (nSPS) is 12.9. The van der Waals surface area contributed by atoms with Crippen molar-refractivity contribution in [3.63, 3.8) is 0 Å². The maximum absolute atomic E-state index is 13.4. The fourth-order valence-electron chi connectivity index (χ4n) is 4.11. The molecule has 0 saturated heterocycles. The van der Waals surface area contributed by atoms with Crippen molar-refractivity contribution in [3.8, 4) is 17.3 Å². The minimum absolute atomic E-state index is 0.264. The second-order valence-electron chi connectivity index (χ2n) is 7.68. The molecule has 5 rings (SSSR count). The molecule has 32 heavy (non-hydrogen) atoms. The van der Waals surface area contributed by atoms with E-state index in [1.165, 1.54) is 16.2 Å². The number of hydrogen-bond acceptors (Lipinski definition) is 4. The summed E-state index contributed by atoms with van der Waals surface area (Å²) in [6.45, 7) is 0. The fraction of sp³-hybridized carbons (Fsp3) is 0.160. The van der Waals surface area contributed by atoms with E-state index in [4.69, 9.17) is 28.2 Å². The van der Waals surface area contributed by atoms with Gasteiger partial charge in [0.2, 0.25) is 0 Å². The molecule has 1 amide bonds. The maximum atomic E-state index is 13.4. The summed E-state index contributed by atoms with van der Waals surface area (Å²) in [5, 5.41) is 15.0. The molecule has 2 aromatic heterocycles. The molecule has 7 heteroatoms. The van der Waals surface area contributed by atoms with Gasteiger partial charge in [-0.25, -0.2) is 4.98 Å². The Morgan fingerprint density at radius 3 is 2.69 bits per heavy atom. The maximum Gasteiger partial charge on any atom is 0.257 e. The minimum atomic E-state index is -0.264. The number of para-hydroxylation sites is 1. The number of anilines is 1. The van der Waals surface area contributed by atoms with Gasteiger partial charge in [-0.05, 0) is 55.5 Å². The number of aromatic nitrogens is 1. The number of amides is 1. The number of aryl methyl sites for hydroxylation is 1. The van der Waals surface area contributed by atoms with Crippen LogP contribution in [0.25, 0.3) is 22.2 Å². The van der Waals surface area contributed by atoms with Crippen LogP contribution in [0.1, 0.15) is 39.2 Å². The molecule has 0 aliphatic heterocycles. The Balaban J connectivity index is 1.59. The number of nitrogens with one attached hydrogen (secondary N) is 1. The lowest BCUT2D eigenvalue weighted by Crippen LogP contribution is -2.13. The molecule has 0 radical (unpaired) electrons. The molecule has 1 N–H and O–H groups in total. The van der Waals surface area contributed by atoms with Crippen LogP contribution in [0.3, 0.4) is 0 Å². The molecule has 0 unspecified atom stereocenters. The highest BCUT2D eigenvalue weighted by Gasteiger charge is 2.23. The van der Waals surface area contributed by atoms with Crippen LogP contribution >= 0.6 is 34.5 Å². The van der Waals surface area contributed by atoms with Gasteiger partial charge in [-0.3, -0.25) is 4.79 Å². The highest BCUT2D eigenvalue weighted by molar-refractivity contribution is 7.16. The van der Waals surface area contributed by atoms with Crippen LogP contribution in [-0.4, -0.2) is 10.9 Å². The summed E-state index contributed by atoms with van der Waals surface area (Å²) in [6.07, 6.45) is 4.05. The number of carbonyl (C=O) groups excluding carboxylic acids is 1. The van der Waals surface area contributed by atoms with Gasteiger partial charge in [0.1, 0.15) is 11.1 Å². The standard InChI is InChI=1S/C25H17Cl2N3OS/c26-19-10-9-14(11-20(19)27)22-12-17(15-5-1-3-7-21(15)29-22)24(31)30-25-18(13-28)16-6-2-4-8-23(16)32-25/h1,3,5,7,9-12H,2,4,6,8H2,(H,30,31). The van der Waals surface area contributed by atoms with E-state index < -0.39 is 0 Å². The van der Waals surface area contributed by atoms with Crippen molar-refractivity contribution in [2.24, 2.45) is 0 Å². The minimum Gasteiger partial charge on any atom is -0.312 e. The van der Waals surface area contributed by atoms with Gasteiger partial charge in [-0.15, -0.1) is 11.3 Å². The van der Waals surface area contributed by atoms with Crippen molar-refractivity contribution < 1.29 is 4.79 Å². The molecule has 0 atom stereocenters. The molecule has 0 bridgehead atoms. The Hall–Kier alpha value is -2.91. The molecular formula is C25H17Cl2N3OS. The topological polar surface area (TPSA) is 65.8 Å². The van der Waals surface area contributed by atoms with Crippen LogP contribution in [0.4, 0.5) is 5.00 Å². The molecule has 158 valence electrons. The van der Waals surface area contributed by atoms with E-state index in [-0.39, 0.29) is 5.91 Å². The first kappa shape index (κ1) is 21.0. The highest BCUT2D eigenvalue weighted by Crippen LogP contribution is 2.38. The molecule has 0 fully saturated rings. The number of halogens is 2. The smallest absolute Gasteiger partial charge is 0.257 e. The summed E-state index contributed by atoms with van der Waals surface area (Å²) in [5.74, 6) is -0.264. The average Bonchev–Trinajstić information content (AvgIpc) is 3.16. The van der Waals surface area contributed by atoms with E-state index >= 15 is 0 Å². The zero-order valence-corrected chi connectivity index (χ0v) is 19.2. The van der Waals surface area contributed by atoms with Crippen molar-refractivity contribution in [1.29, 1.82) is 5.26 Å². The average molecular weight is 478 g/mol. The molecule has 4 aromatic rings. The number of fused-ring (bicyclic) bond motifs is 2. The number of rotatable bonds is 3. The number of pyridine rings is 1. The van der Waals surface area contributed by atoms with Gasteiger partial charge in [0, 0.05) is 15.8 Å². The lowest BCUT2D eigenvalue weighted by atomic mass is 9.96. The van der Waals surface area contributed by atoms with Crippen molar-refractivity contribution in [3.05, 3.63) is 80.1 Å². The Morgan fingerprint density at radius 2 is 1.88 bits per heavy atom. The third-order valence-electron chi connectivity index (χ3n) is 5.69. The van der Waals surface area contributed by atoms with Gasteiger partial charge >= 0.3 is 0 Å². The first-order chi connectivity index (χ1) is 15.5. The van der Waals surface area contributed by atoms with E-state index in [0.29, 0.717) is 37.4 Å². The second kappa shape index (κ2) is 8.55. The Morgan fingerprint density at radius 1 is 1.06 bits per heavy atom. The summed E-state index contributed by atoms with van der Waals surface area (Å²) >= 11 is 13.8. The van der Waals surface area contributed by atoms with E-state index in [1.807, 2.05) is 30.3 Å². The Kier molecular flexibility index (Phi) is 5.60. The summed E-state index contributed by atoms with van der Waals surface area (Å²) < 4.78 is 0. The quantitative estimate of drug-likeness (QED) is 0.337. The monoisotopic (exact) mass is 477 g/mol. The number of thiophene rings is 1. The number of benzene rings is 2. The van der Waals surface area contributed by atoms with E-state index in [2.05, 4.69) is 11.4 Å². The van der Waals surface area contributed by atoms with Gasteiger partial charge in [-0.1, -0.05) is 47.5 Å². The van der Waals surface area contributed by atoms with Crippen molar-refractivity contribution >= 4 is 56.3 Å². The van der Waals surface area contributed by atoms with Crippen molar-refractivity contribution in [2.45, 2.75) is 25.7 Å². The van der Waals surface area contributed by atoms with Crippen LogP contribution in [0.2, 0.25) is 10.0 Å². The summed E-state index contributed by atoms with van der Waals surface area (Å²) in [5.41, 5.74) is 4.28. The fourth-order valence-corrected chi connectivity index (χ4v) is 5.64. The number of carbonyl (C=O) groups is 1. The molecule has 0 saturated carbocycles. The first-order valence-electron chi connectivity index (χ1n) is 10.3. The van der Waals surface area contributed by atoms with Crippen molar-refractivity contribution in [1.82, 2.24) is 4.98 Å². The molecule has 0 spiro atoms. The molecular weight excluding hydrogens is 461 g/mol. The largest absolute Gasteiger partial charge is 0.312 e. The van der Waals surface area contributed by atoms with Gasteiger partial charge < -0.3 is 5.32 Å². The SMILES string of the molecule is N#Cc1c(NC(=O)c2cc(-c3ccc(Cl)c(Cl)c3)nc3ccccc23)sc2c1CCCC2. The van der Waals surface area contributed by atoms with Crippen molar-refractivity contribution in [2.75, 3.05) is 5.32 Å². The summed E-state index contributed by atoms with van der Waals surface area (Å²) in [4.78, 5) is 19.4. The van der Waals surface area contributed by atoms with Gasteiger partial charge in [0.25, 0.3) is 5.91 Å². The Labute approximate surface area is 199 Å². The molecule has 4 nitrogen and oxygen atoms in total. The third kappa shape index (κ3) is 3.75. The first-order valence-corrected chi connectivity index (χ1v) is 11.8. The lowest BCUT2D eigenvalue weighted by molar-refractivity contribution is 0.102. The van der Waals surface area contributed by atoms with E-state index in [1.54, 1.807) is 18.2 Å². The molecule has 1 aliphatic carbocycles. The second-order valence-corrected chi connectivity index (χ2v) is 9.60. The summed E-state index contributed by atoms with van der Waals surface area (Å²) in [7, 11) is 0. The van der Waals surface area contributed by atoms with Crippen LogP contribution in [0.5, 0.6) is 0 Å². The predicted octanol–water partition coefficient (Wildman–Crippen LogP) is 7.27. The molecule has 2 heterocycles. The number of nitriles is 1. The Bertz CT molecular complexity index is 1420. The van der Waals surface area contributed by atoms with Crippen LogP contribution < -0.4 is 5.32 Å². The summed E-state index contributed by atoms with van der Waals surface area (Å²) in [6, 6.07) is 16.9. The van der Waals surface area contributed by atoms with Gasteiger partial charge in [-0.2, -0.15) is 5.26 Å². The molecule has 2 aromatic carbocycles. The predicted molar refractivity (Wildman–Crippen MR) is 131 cm³/mol. The van der Waals surface area contributed by atoms with E-state index in [9.17, 15) is 10.1 Å². The van der Waals surface area contributed by atoms with Gasteiger partial charge in [0.05, 0.1) is 32.4 Å². The van der Waals surface area contributed by atoms with Crippen LogP contribution in [-0.2, 0) is 12.8 Å². The van der Waals surface area contributed by atoms with E-state index in [0.717, 1.165) is 42.2 Å². The third-order valence-corrected chi connectivity index (χ3v) is 7.63. The number of nitrogens with zero attached hydrogens (tertiary/aromatic N) is 2. The highest BCUT2D eigenvalue weighted by atomic mass is 35.5. The lowest BCUT2D eigenvalue weighted by Gasteiger charge is -2.11. The number of hydrogen-bond donors (Lipinski definition) is 1. The van der Waals surface area contributed by atoms with Gasteiger partial charge in [0.15, 0.2) is 0 Å². The zero-order valence-electron chi connectivity index (χ0n) is 16.9.